The van der Waals surface area contributed by atoms with Crippen LogP contribution in [0.15, 0.2) is 12.7 Å². The molecule has 1 aliphatic rings. The molecular weight excluding hydrogens is 259 g/mol. The van der Waals surface area contributed by atoms with Gasteiger partial charge in [-0.05, 0) is 19.3 Å². The summed E-state index contributed by atoms with van der Waals surface area (Å²) in [6.07, 6.45) is -1.83. The van der Waals surface area contributed by atoms with Crippen molar-refractivity contribution in [2.45, 2.75) is 31.9 Å². The number of nitrogens with zero attached hydrogens (tertiary/aromatic N) is 1. The predicted octanol–water partition coefficient (Wildman–Crippen LogP) is 2.36. The van der Waals surface area contributed by atoms with Gasteiger partial charge in [-0.1, -0.05) is 12.5 Å². The molecule has 19 heavy (non-hydrogen) atoms. The Labute approximate surface area is 111 Å². The molecule has 0 saturated heterocycles. The van der Waals surface area contributed by atoms with Crippen LogP contribution in [0.2, 0.25) is 0 Å². The normalized spacial score (nSPS) is 24.0. The van der Waals surface area contributed by atoms with Crippen molar-refractivity contribution < 1.29 is 23.1 Å². The molecule has 0 aromatic heterocycles. The third kappa shape index (κ3) is 4.53. The molecule has 0 spiro atoms. The molecular formula is C13H20F3NO2. The van der Waals surface area contributed by atoms with Crippen molar-refractivity contribution in [1.82, 2.24) is 4.90 Å². The van der Waals surface area contributed by atoms with Crippen LogP contribution >= 0.6 is 0 Å². The Morgan fingerprint density at radius 2 is 2.11 bits per heavy atom. The van der Waals surface area contributed by atoms with E-state index in [4.69, 9.17) is 5.11 Å². The van der Waals surface area contributed by atoms with Crippen molar-refractivity contribution in [3.8, 4) is 0 Å². The summed E-state index contributed by atoms with van der Waals surface area (Å²) >= 11 is 0. The third-order valence-electron chi connectivity index (χ3n) is 3.52. The van der Waals surface area contributed by atoms with Gasteiger partial charge in [0.05, 0.1) is 12.5 Å². The highest BCUT2D eigenvalue weighted by Gasteiger charge is 2.44. The average molecular weight is 279 g/mol. The van der Waals surface area contributed by atoms with Gasteiger partial charge in [0.25, 0.3) is 0 Å². The van der Waals surface area contributed by atoms with E-state index in [1.54, 1.807) is 0 Å². The third-order valence-corrected chi connectivity index (χ3v) is 3.52. The minimum absolute atomic E-state index is 0.106. The van der Waals surface area contributed by atoms with Crippen LogP contribution in [-0.4, -0.2) is 41.8 Å². The van der Waals surface area contributed by atoms with Gasteiger partial charge in [-0.2, -0.15) is 13.2 Å². The molecule has 0 aromatic rings. The summed E-state index contributed by atoms with van der Waals surface area (Å²) in [4.78, 5) is 13.5. The lowest BCUT2D eigenvalue weighted by Gasteiger charge is -2.33. The van der Waals surface area contributed by atoms with Crippen molar-refractivity contribution in [2.75, 3.05) is 19.7 Å². The number of halogens is 3. The van der Waals surface area contributed by atoms with Crippen molar-refractivity contribution in [3.05, 3.63) is 12.7 Å². The van der Waals surface area contributed by atoms with Crippen LogP contribution in [-0.2, 0) is 4.79 Å². The van der Waals surface area contributed by atoms with Crippen LogP contribution in [0.1, 0.15) is 25.7 Å². The maximum absolute atomic E-state index is 12.7. The van der Waals surface area contributed by atoms with Crippen LogP contribution in [0.4, 0.5) is 13.2 Å². The van der Waals surface area contributed by atoms with Crippen molar-refractivity contribution in [1.29, 1.82) is 0 Å². The Bertz CT molecular complexity index is 318. The van der Waals surface area contributed by atoms with E-state index in [-0.39, 0.29) is 38.4 Å². The molecule has 110 valence electrons. The first kappa shape index (κ1) is 16.0. The molecule has 0 bridgehead atoms. The van der Waals surface area contributed by atoms with Gasteiger partial charge in [-0.15, -0.1) is 6.58 Å². The fourth-order valence-electron chi connectivity index (χ4n) is 2.54. The summed E-state index contributed by atoms with van der Waals surface area (Å²) in [7, 11) is 0. The smallest absolute Gasteiger partial charge is 0.391 e. The highest BCUT2D eigenvalue weighted by molar-refractivity contribution is 5.79. The van der Waals surface area contributed by atoms with E-state index >= 15 is 0 Å². The lowest BCUT2D eigenvalue weighted by molar-refractivity contribution is -0.187. The van der Waals surface area contributed by atoms with Crippen LogP contribution in [0.3, 0.4) is 0 Å². The number of rotatable bonds is 5. The second-order valence-corrected chi connectivity index (χ2v) is 4.90. The molecule has 1 aliphatic carbocycles. The van der Waals surface area contributed by atoms with Crippen LogP contribution in [0.5, 0.6) is 0 Å². The lowest BCUT2D eigenvalue weighted by atomic mass is 9.80. The van der Waals surface area contributed by atoms with Crippen molar-refractivity contribution in [3.63, 3.8) is 0 Å². The number of alkyl halides is 3. The second kappa shape index (κ2) is 6.93. The Balaban J connectivity index is 2.67. The summed E-state index contributed by atoms with van der Waals surface area (Å²) in [6.45, 7) is 3.70. The van der Waals surface area contributed by atoms with Crippen molar-refractivity contribution in [2.24, 2.45) is 11.8 Å². The summed E-state index contributed by atoms with van der Waals surface area (Å²) in [5.74, 6) is -2.27. The minimum atomic E-state index is -4.22. The number of amides is 1. The fraction of sp³-hybridized carbons (Fsp3) is 0.769. The minimum Gasteiger partial charge on any atom is -0.395 e. The first-order valence-corrected chi connectivity index (χ1v) is 6.47. The summed E-state index contributed by atoms with van der Waals surface area (Å²) in [6, 6.07) is 0. The first-order valence-electron chi connectivity index (χ1n) is 6.47. The summed E-state index contributed by atoms with van der Waals surface area (Å²) < 4.78 is 38.1. The highest BCUT2D eigenvalue weighted by atomic mass is 19.4. The molecule has 3 nitrogen and oxygen atoms in total. The monoisotopic (exact) mass is 279 g/mol. The molecule has 1 saturated carbocycles. The topological polar surface area (TPSA) is 40.5 Å². The quantitative estimate of drug-likeness (QED) is 0.785. The highest BCUT2D eigenvalue weighted by Crippen LogP contribution is 2.40. The van der Waals surface area contributed by atoms with E-state index in [1.165, 1.54) is 11.0 Å². The lowest BCUT2D eigenvalue weighted by Crippen LogP contribution is -2.41. The van der Waals surface area contributed by atoms with E-state index in [2.05, 4.69) is 6.58 Å². The number of carbonyl (C=O) groups is 1. The zero-order valence-electron chi connectivity index (χ0n) is 10.8. The Morgan fingerprint density at radius 1 is 1.42 bits per heavy atom. The Morgan fingerprint density at radius 3 is 2.63 bits per heavy atom. The molecule has 0 aromatic carbocycles. The number of carbonyl (C=O) groups excluding carboxylic acids is 1. The maximum atomic E-state index is 12.7. The molecule has 1 rings (SSSR count). The van der Waals surface area contributed by atoms with Gasteiger partial charge in [-0.3, -0.25) is 4.79 Å². The second-order valence-electron chi connectivity index (χ2n) is 4.90. The van der Waals surface area contributed by atoms with E-state index in [0.717, 1.165) is 0 Å². The zero-order chi connectivity index (χ0) is 14.5. The Hall–Kier alpha value is -1.04. The first-order chi connectivity index (χ1) is 8.90. The molecule has 1 N–H and O–H groups in total. The largest absolute Gasteiger partial charge is 0.395 e. The number of aliphatic hydroxyl groups excluding tert-OH is 1. The standard InChI is InChI=1S/C13H20F3NO2/c1-2-6-17(7-8-18)12(19)10-4-3-5-11(9-10)13(14,15)16/h2,10-11,18H,1,3-9H2. The molecule has 0 aliphatic heterocycles. The maximum Gasteiger partial charge on any atom is 0.391 e. The molecule has 2 atom stereocenters. The molecule has 0 heterocycles. The molecule has 1 amide bonds. The molecule has 2 unspecified atom stereocenters. The zero-order valence-corrected chi connectivity index (χ0v) is 10.8. The summed E-state index contributed by atoms with van der Waals surface area (Å²) in [5, 5.41) is 8.88. The number of hydrogen-bond acceptors (Lipinski definition) is 2. The fourth-order valence-corrected chi connectivity index (χ4v) is 2.54. The van der Waals surface area contributed by atoms with Gasteiger partial charge in [0.15, 0.2) is 0 Å². The van der Waals surface area contributed by atoms with Crippen LogP contribution < -0.4 is 0 Å². The molecule has 0 radical (unpaired) electrons. The van der Waals surface area contributed by atoms with E-state index < -0.39 is 18.0 Å². The van der Waals surface area contributed by atoms with Crippen LogP contribution in [0, 0.1) is 11.8 Å². The SMILES string of the molecule is C=CCN(CCO)C(=O)C1CCCC(C(F)(F)F)C1. The van der Waals surface area contributed by atoms with Crippen LogP contribution in [0.25, 0.3) is 0 Å². The number of hydrogen-bond donors (Lipinski definition) is 1. The van der Waals surface area contributed by atoms with E-state index in [0.29, 0.717) is 12.8 Å². The average Bonchev–Trinajstić information content (AvgIpc) is 2.37. The molecule has 1 fully saturated rings. The van der Waals surface area contributed by atoms with Gasteiger partial charge in [0.1, 0.15) is 0 Å². The molecule has 6 heteroatoms. The summed E-state index contributed by atoms with van der Waals surface area (Å²) in [5.41, 5.74) is 0. The van der Waals surface area contributed by atoms with Gasteiger partial charge in [-0.25, -0.2) is 0 Å². The Kier molecular flexibility index (Phi) is 5.85. The van der Waals surface area contributed by atoms with Crippen molar-refractivity contribution >= 4 is 5.91 Å². The predicted molar refractivity (Wildman–Crippen MR) is 65.4 cm³/mol. The van der Waals surface area contributed by atoms with Gasteiger partial charge in [0.2, 0.25) is 5.91 Å². The van der Waals surface area contributed by atoms with Gasteiger partial charge in [0, 0.05) is 19.0 Å². The number of aliphatic hydroxyl groups is 1. The van der Waals surface area contributed by atoms with E-state index in [1.807, 2.05) is 0 Å². The van der Waals surface area contributed by atoms with E-state index in [9.17, 15) is 18.0 Å². The van der Waals surface area contributed by atoms with Gasteiger partial charge < -0.3 is 10.0 Å². The van der Waals surface area contributed by atoms with Gasteiger partial charge >= 0.3 is 6.18 Å².